The van der Waals surface area contributed by atoms with Gasteiger partial charge in [-0.15, -0.1) is 0 Å². The van der Waals surface area contributed by atoms with Gasteiger partial charge in [-0.3, -0.25) is 9.36 Å². The first kappa shape index (κ1) is 21.4. The number of rotatable bonds is 6. The highest BCUT2D eigenvalue weighted by Gasteiger charge is 2.16. The molecule has 0 unspecified atom stereocenters. The Labute approximate surface area is 175 Å². The van der Waals surface area contributed by atoms with Gasteiger partial charge >= 0.3 is 5.97 Å². The van der Waals surface area contributed by atoms with E-state index in [1.54, 1.807) is 31.2 Å². The van der Waals surface area contributed by atoms with Gasteiger partial charge in [-0.2, -0.15) is 4.98 Å². The molecule has 0 aliphatic heterocycles. The van der Waals surface area contributed by atoms with Gasteiger partial charge < -0.3 is 9.47 Å². The number of carbonyl (C=O) groups is 1. The van der Waals surface area contributed by atoms with Crippen molar-refractivity contribution in [2.75, 3.05) is 7.11 Å². The lowest BCUT2D eigenvalue weighted by molar-refractivity contribution is 0.0600. The van der Waals surface area contributed by atoms with E-state index < -0.39 is 23.2 Å². The molecule has 30 heavy (non-hydrogen) atoms. The summed E-state index contributed by atoms with van der Waals surface area (Å²) in [5, 5.41) is -0.255. The molecule has 0 amide bonds. The van der Waals surface area contributed by atoms with Gasteiger partial charge in [0.15, 0.2) is 5.02 Å². The normalized spacial score (nSPS) is 10.7. The molecule has 6 nitrogen and oxygen atoms in total. The first-order valence-corrected chi connectivity index (χ1v) is 9.19. The maximum atomic E-state index is 13.8. The van der Waals surface area contributed by atoms with Crippen LogP contribution in [0.5, 0.6) is 5.88 Å². The zero-order valence-electron chi connectivity index (χ0n) is 16.1. The molecule has 3 rings (SSSR count). The van der Waals surface area contributed by atoms with Crippen LogP contribution < -0.4 is 10.3 Å². The van der Waals surface area contributed by atoms with Crippen LogP contribution in [-0.4, -0.2) is 22.6 Å². The number of aryl methyl sites for hydroxylation is 1. The third-order valence-corrected chi connectivity index (χ3v) is 4.69. The molecule has 2 aromatic carbocycles. The van der Waals surface area contributed by atoms with Crippen LogP contribution in [0, 0.1) is 18.6 Å². The number of benzene rings is 2. The number of methoxy groups -OCH3 is 1. The summed E-state index contributed by atoms with van der Waals surface area (Å²) in [6, 6.07) is 9.64. The molecule has 0 saturated heterocycles. The predicted octanol–water partition coefficient (Wildman–Crippen LogP) is 3.90. The summed E-state index contributed by atoms with van der Waals surface area (Å²) in [5.41, 5.74) is 0.698. The second-order valence-corrected chi connectivity index (χ2v) is 6.76. The van der Waals surface area contributed by atoms with Gasteiger partial charge in [0.2, 0.25) is 5.88 Å². The van der Waals surface area contributed by atoms with Crippen molar-refractivity contribution in [3.05, 3.63) is 92.0 Å². The molecule has 0 aliphatic carbocycles. The minimum Gasteiger partial charge on any atom is -0.471 e. The SMILES string of the molecule is COC(=O)c1ccc(Cn2c(C)nc(OCc3ccc(F)cc3F)c(Cl)c2=O)cc1. The van der Waals surface area contributed by atoms with Gasteiger partial charge in [0.05, 0.1) is 19.2 Å². The Morgan fingerprint density at radius 1 is 1.17 bits per heavy atom. The maximum Gasteiger partial charge on any atom is 0.337 e. The van der Waals surface area contributed by atoms with Gasteiger partial charge in [0, 0.05) is 11.6 Å². The summed E-state index contributed by atoms with van der Waals surface area (Å²) in [7, 11) is 1.29. The van der Waals surface area contributed by atoms with Gasteiger partial charge in [-0.05, 0) is 36.8 Å². The molecule has 0 fully saturated rings. The van der Waals surface area contributed by atoms with E-state index in [0.717, 1.165) is 17.7 Å². The highest BCUT2D eigenvalue weighted by Crippen LogP contribution is 2.21. The van der Waals surface area contributed by atoms with Crippen molar-refractivity contribution >= 4 is 17.6 Å². The van der Waals surface area contributed by atoms with Crippen LogP contribution in [0.1, 0.15) is 27.3 Å². The van der Waals surface area contributed by atoms with Crippen LogP contribution in [0.2, 0.25) is 5.02 Å². The smallest absolute Gasteiger partial charge is 0.337 e. The van der Waals surface area contributed by atoms with Gasteiger partial charge in [0.1, 0.15) is 24.1 Å². The molecule has 0 radical (unpaired) electrons. The number of carbonyl (C=O) groups excluding carboxylic acids is 1. The van der Waals surface area contributed by atoms with E-state index in [4.69, 9.17) is 16.3 Å². The number of halogens is 3. The molecule has 0 aliphatic rings. The van der Waals surface area contributed by atoms with Gasteiger partial charge in [0.25, 0.3) is 5.56 Å². The Morgan fingerprint density at radius 3 is 2.50 bits per heavy atom. The van der Waals surface area contributed by atoms with Crippen molar-refractivity contribution in [3.63, 3.8) is 0 Å². The number of ether oxygens (including phenoxy) is 2. The van der Waals surface area contributed by atoms with E-state index in [-0.39, 0.29) is 29.6 Å². The highest BCUT2D eigenvalue weighted by molar-refractivity contribution is 6.31. The third-order valence-electron chi connectivity index (χ3n) is 4.37. The first-order valence-electron chi connectivity index (χ1n) is 8.81. The molecule has 0 spiro atoms. The van der Waals surface area contributed by atoms with Crippen molar-refractivity contribution in [2.24, 2.45) is 0 Å². The Morgan fingerprint density at radius 2 is 1.87 bits per heavy atom. The van der Waals surface area contributed by atoms with E-state index >= 15 is 0 Å². The second-order valence-electron chi connectivity index (χ2n) is 6.38. The van der Waals surface area contributed by atoms with E-state index in [9.17, 15) is 18.4 Å². The summed E-state index contributed by atoms with van der Waals surface area (Å²) in [6.07, 6.45) is 0. The summed E-state index contributed by atoms with van der Waals surface area (Å²) in [5.74, 6) is -1.74. The lowest BCUT2D eigenvalue weighted by atomic mass is 10.1. The monoisotopic (exact) mass is 434 g/mol. The molecular weight excluding hydrogens is 418 g/mol. The molecule has 3 aromatic rings. The van der Waals surface area contributed by atoms with Crippen molar-refractivity contribution in [1.29, 1.82) is 0 Å². The summed E-state index contributed by atoms with van der Waals surface area (Å²) in [4.78, 5) is 28.4. The minimum absolute atomic E-state index is 0.0989. The fourth-order valence-electron chi connectivity index (χ4n) is 2.73. The summed E-state index contributed by atoms with van der Waals surface area (Å²) >= 11 is 6.12. The average molecular weight is 435 g/mol. The third kappa shape index (κ3) is 4.65. The largest absolute Gasteiger partial charge is 0.471 e. The molecule has 9 heteroatoms. The molecule has 1 aromatic heterocycles. The molecule has 0 bridgehead atoms. The Hall–Kier alpha value is -3.26. The van der Waals surface area contributed by atoms with Crippen LogP contribution in [-0.2, 0) is 17.9 Å². The highest BCUT2D eigenvalue weighted by atomic mass is 35.5. The Balaban J connectivity index is 1.80. The fourth-order valence-corrected chi connectivity index (χ4v) is 2.93. The molecule has 156 valence electrons. The van der Waals surface area contributed by atoms with Crippen LogP contribution in [0.3, 0.4) is 0 Å². The zero-order chi connectivity index (χ0) is 21.8. The number of hydrogen-bond acceptors (Lipinski definition) is 5. The Bertz CT molecular complexity index is 1150. The number of hydrogen-bond donors (Lipinski definition) is 0. The van der Waals surface area contributed by atoms with E-state index in [1.165, 1.54) is 17.7 Å². The summed E-state index contributed by atoms with van der Waals surface area (Å²) in [6.45, 7) is 1.51. The van der Waals surface area contributed by atoms with Crippen LogP contribution >= 0.6 is 11.6 Å². The Kier molecular flexibility index (Phi) is 6.47. The van der Waals surface area contributed by atoms with Crippen molar-refractivity contribution in [3.8, 4) is 5.88 Å². The number of esters is 1. The number of aromatic nitrogens is 2. The summed E-state index contributed by atoms with van der Waals surface area (Å²) < 4.78 is 38.1. The van der Waals surface area contributed by atoms with E-state index in [2.05, 4.69) is 9.72 Å². The van der Waals surface area contributed by atoms with Gasteiger partial charge in [-0.25, -0.2) is 13.6 Å². The first-order chi connectivity index (χ1) is 14.3. The standard InChI is InChI=1S/C21H17ClF2N2O4/c1-12-25-19(30-11-15-7-8-16(23)9-17(15)24)18(22)20(27)26(12)10-13-3-5-14(6-4-13)21(28)29-2/h3-9H,10-11H2,1-2H3. The average Bonchev–Trinajstić information content (AvgIpc) is 2.73. The van der Waals surface area contributed by atoms with E-state index in [1.807, 2.05) is 0 Å². The minimum atomic E-state index is -0.772. The molecule has 0 N–H and O–H groups in total. The molecular formula is C21H17ClF2N2O4. The molecule has 1 heterocycles. The lowest BCUT2D eigenvalue weighted by Gasteiger charge is -2.14. The van der Waals surface area contributed by atoms with Crippen LogP contribution in [0.25, 0.3) is 0 Å². The quantitative estimate of drug-likeness (QED) is 0.550. The van der Waals surface area contributed by atoms with Crippen molar-refractivity contribution < 1.29 is 23.0 Å². The van der Waals surface area contributed by atoms with Crippen LogP contribution in [0.4, 0.5) is 8.78 Å². The fraction of sp³-hybridized carbons (Fsp3) is 0.190. The topological polar surface area (TPSA) is 70.4 Å². The van der Waals surface area contributed by atoms with Crippen molar-refractivity contribution in [2.45, 2.75) is 20.1 Å². The zero-order valence-corrected chi connectivity index (χ0v) is 16.9. The van der Waals surface area contributed by atoms with Crippen LogP contribution in [0.15, 0.2) is 47.3 Å². The lowest BCUT2D eigenvalue weighted by Crippen LogP contribution is -2.25. The van der Waals surface area contributed by atoms with Crippen molar-refractivity contribution in [1.82, 2.24) is 9.55 Å². The molecule has 0 saturated carbocycles. The molecule has 0 atom stereocenters. The number of nitrogens with zero attached hydrogens (tertiary/aromatic N) is 2. The van der Waals surface area contributed by atoms with Gasteiger partial charge in [-0.1, -0.05) is 23.7 Å². The second kappa shape index (κ2) is 9.04. The predicted molar refractivity (Wildman–Crippen MR) is 106 cm³/mol. The van der Waals surface area contributed by atoms with E-state index in [0.29, 0.717) is 11.4 Å². The maximum absolute atomic E-state index is 13.8.